The molecule has 52 valence electrons. The number of nitrogens with zero attached hydrogens (tertiary/aromatic N) is 1. The van der Waals surface area contributed by atoms with Gasteiger partial charge in [0.2, 0.25) is 0 Å². The van der Waals surface area contributed by atoms with Crippen LogP contribution in [0.2, 0.25) is 1.41 Å². The van der Waals surface area contributed by atoms with E-state index >= 15 is 0 Å². The first kappa shape index (κ1) is 4.72. The van der Waals surface area contributed by atoms with Crippen molar-refractivity contribution in [1.82, 2.24) is 4.98 Å². The molecule has 0 aromatic carbocycles. The van der Waals surface area contributed by atoms with Crippen LogP contribution in [0.1, 0.15) is 12.0 Å². The number of aromatic nitrogens is 1. The number of nitrogens with one attached hydrogen (secondary N) is 1. The van der Waals surface area contributed by atoms with Crippen LogP contribution in [0.25, 0.3) is 0 Å². The zero-order chi connectivity index (χ0) is 7.68. The number of pyridine rings is 1. The van der Waals surface area contributed by atoms with E-state index in [1.54, 1.807) is 12.4 Å². The van der Waals surface area contributed by atoms with E-state index in [9.17, 15) is 0 Å². The quantitative estimate of drug-likeness (QED) is 0.582. The molecular formula is C8H10N2. The SMILES string of the molecule is [2H]N1CCCc2ccncc21. The van der Waals surface area contributed by atoms with Gasteiger partial charge in [0, 0.05) is 12.7 Å². The van der Waals surface area contributed by atoms with Crippen LogP contribution in [-0.2, 0) is 6.42 Å². The highest BCUT2D eigenvalue weighted by molar-refractivity contribution is 5.50. The molecule has 0 unspecified atom stereocenters. The maximum absolute atomic E-state index is 7.55. The standard InChI is InChI=1S/C8H10N2/c1-2-7-3-5-9-6-8(7)10-4-1/h3,5-6,10H,1-2,4H2/i/hD. The summed E-state index contributed by atoms with van der Waals surface area (Å²) in [7, 11) is 0. The van der Waals surface area contributed by atoms with Crippen LogP contribution < -0.4 is 5.31 Å². The van der Waals surface area contributed by atoms with E-state index < -0.39 is 0 Å². The summed E-state index contributed by atoms with van der Waals surface area (Å²) in [6, 6.07) is 2.00. The molecule has 0 amide bonds. The van der Waals surface area contributed by atoms with Gasteiger partial charge in [0.05, 0.1) is 11.9 Å². The van der Waals surface area contributed by atoms with Gasteiger partial charge in [-0.3, -0.25) is 4.98 Å². The summed E-state index contributed by atoms with van der Waals surface area (Å²) in [4.78, 5) is 3.99. The molecule has 0 spiro atoms. The Morgan fingerprint density at radius 1 is 1.70 bits per heavy atom. The van der Waals surface area contributed by atoms with Crippen molar-refractivity contribution in [3.05, 3.63) is 24.0 Å². The number of aryl methyl sites for hydroxylation is 1. The fraction of sp³-hybridized carbons (Fsp3) is 0.375. The van der Waals surface area contributed by atoms with Crippen molar-refractivity contribution in [2.45, 2.75) is 12.8 Å². The summed E-state index contributed by atoms with van der Waals surface area (Å²) < 4.78 is 7.55. The van der Waals surface area contributed by atoms with E-state index in [4.69, 9.17) is 1.41 Å². The maximum Gasteiger partial charge on any atom is 0.160 e. The van der Waals surface area contributed by atoms with Crippen LogP contribution in [0.4, 0.5) is 5.69 Å². The van der Waals surface area contributed by atoms with E-state index in [0.717, 1.165) is 25.1 Å². The zero-order valence-electron chi connectivity index (χ0n) is 6.75. The van der Waals surface area contributed by atoms with E-state index in [1.165, 1.54) is 10.9 Å². The Bertz CT molecular complexity index is 262. The third kappa shape index (κ3) is 0.856. The Balaban J connectivity index is 2.44. The van der Waals surface area contributed by atoms with Crippen molar-refractivity contribution >= 4 is 5.69 Å². The lowest BCUT2D eigenvalue weighted by molar-refractivity contribution is 0.826. The van der Waals surface area contributed by atoms with Gasteiger partial charge in [-0.1, -0.05) is 0 Å². The molecule has 2 rings (SSSR count). The molecule has 1 aromatic heterocycles. The van der Waals surface area contributed by atoms with E-state index in [2.05, 4.69) is 4.98 Å². The van der Waals surface area contributed by atoms with Crippen LogP contribution in [0.5, 0.6) is 0 Å². The Morgan fingerprint density at radius 3 is 3.60 bits per heavy atom. The minimum absolute atomic E-state index is 0.832. The van der Waals surface area contributed by atoms with Crippen molar-refractivity contribution < 1.29 is 1.41 Å². The predicted octanol–water partition coefficient (Wildman–Crippen LogP) is 1.44. The van der Waals surface area contributed by atoms with Crippen molar-refractivity contribution in [2.75, 3.05) is 11.9 Å². The summed E-state index contributed by atoms with van der Waals surface area (Å²) in [5.74, 6) is 0. The normalized spacial score (nSPS) is 18.0. The van der Waals surface area contributed by atoms with Gasteiger partial charge in [-0.15, -0.1) is 0 Å². The lowest BCUT2D eigenvalue weighted by Crippen LogP contribution is -2.11. The third-order valence-corrected chi connectivity index (χ3v) is 1.77. The van der Waals surface area contributed by atoms with Gasteiger partial charge >= 0.3 is 0 Å². The lowest BCUT2D eigenvalue weighted by atomic mass is 10.1. The average Bonchev–Trinajstić information content (AvgIpc) is 2.06. The number of hydrogen-bond acceptors (Lipinski definition) is 2. The van der Waals surface area contributed by atoms with E-state index in [0.29, 0.717) is 0 Å². The predicted molar refractivity (Wildman–Crippen MR) is 41.0 cm³/mol. The topological polar surface area (TPSA) is 24.9 Å². The number of anilines is 1. The average molecular weight is 135 g/mol. The van der Waals surface area contributed by atoms with Gasteiger partial charge in [-0.25, -0.2) is 0 Å². The van der Waals surface area contributed by atoms with Gasteiger partial charge in [-0.05, 0) is 24.5 Å². The van der Waals surface area contributed by atoms with Gasteiger partial charge in [-0.2, -0.15) is 0 Å². The van der Waals surface area contributed by atoms with Crippen LogP contribution in [-0.4, -0.2) is 11.5 Å². The number of rotatable bonds is 0. The fourth-order valence-corrected chi connectivity index (χ4v) is 1.24. The molecule has 2 heteroatoms. The lowest BCUT2D eigenvalue weighted by Gasteiger charge is -2.15. The summed E-state index contributed by atoms with van der Waals surface area (Å²) in [5.41, 5.74) is 2.22. The molecule has 2 nitrogen and oxygen atoms in total. The summed E-state index contributed by atoms with van der Waals surface area (Å²) in [6.45, 7) is 0.832. The molecule has 0 bridgehead atoms. The molecule has 0 aliphatic carbocycles. The second-order valence-corrected chi connectivity index (χ2v) is 2.49. The Kier molecular flexibility index (Phi) is 1.08. The van der Waals surface area contributed by atoms with Crippen LogP contribution >= 0.6 is 0 Å². The largest absolute Gasteiger partial charge is 0.384 e. The third-order valence-electron chi connectivity index (χ3n) is 1.77. The zero-order valence-corrected chi connectivity index (χ0v) is 5.75. The van der Waals surface area contributed by atoms with Crippen LogP contribution in [0, 0.1) is 0 Å². The maximum atomic E-state index is 7.55. The van der Waals surface area contributed by atoms with E-state index in [1.807, 2.05) is 6.07 Å². The van der Waals surface area contributed by atoms with Gasteiger partial charge in [0.1, 0.15) is 0 Å². The first-order valence-corrected chi connectivity index (χ1v) is 3.57. The molecule has 2 heterocycles. The first-order valence-electron chi connectivity index (χ1n) is 4.02. The summed E-state index contributed by atoms with van der Waals surface area (Å²) in [5, 5.41) is 1.52. The molecular weight excluding hydrogens is 124 g/mol. The van der Waals surface area contributed by atoms with Crippen LogP contribution in [0.3, 0.4) is 0 Å². The fourth-order valence-electron chi connectivity index (χ4n) is 1.24. The molecule has 0 fully saturated rings. The summed E-state index contributed by atoms with van der Waals surface area (Å²) >= 11 is 0. The molecule has 0 saturated carbocycles. The van der Waals surface area contributed by atoms with Crippen molar-refractivity contribution in [3.8, 4) is 0 Å². The van der Waals surface area contributed by atoms with Crippen molar-refractivity contribution in [3.63, 3.8) is 0 Å². The Hall–Kier alpha value is -1.05. The van der Waals surface area contributed by atoms with Gasteiger partial charge < -0.3 is 5.31 Å². The van der Waals surface area contributed by atoms with Gasteiger partial charge in [0.25, 0.3) is 0 Å². The second-order valence-electron chi connectivity index (χ2n) is 2.49. The Morgan fingerprint density at radius 2 is 2.70 bits per heavy atom. The molecule has 10 heavy (non-hydrogen) atoms. The van der Waals surface area contributed by atoms with Crippen molar-refractivity contribution in [2.24, 2.45) is 0 Å². The minimum atomic E-state index is 0.832. The monoisotopic (exact) mass is 135 g/mol. The number of hydrogen-bond donors (Lipinski definition) is 1. The van der Waals surface area contributed by atoms with E-state index in [-0.39, 0.29) is 0 Å². The van der Waals surface area contributed by atoms with Crippen molar-refractivity contribution in [1.29, 1.82) is 0 Å². The Labute approximate surface area is 61.8 Å². The van der Waals surface area contributed by atoms with Crippen LogP contribution in [0.15, 0.2) is 18.5 Å². The van der Waals surface area contributed by atoms with Gasteiger partial charge in [0.15, 0.2) is 1.41 Å². The molecule has 0 saturated heterocycles. The molecule has 1 aromatic rings. The highest BCUT2D eigenvalue weighted by atomic mass is 14.9. The molecule has 1 N–H and O–H groups in total. The smallest absolute Gasteiger partial charge is 0.160 e. The molecule has 0 radical (unpaired) electrons. The minimum Gasteiger partial charge on any atom is -0.384 e. The number of fused-ring (bicyclic) bond motifs is 1. The second kappa shape index (κ2) is 2.29. The molecule has 1 aliphatic heterocycles. The first-order chi connectivity index (χ1) is 5.38. The summed E-state index contributed by atoms with van der Waals surface area (Å²) in [6.07, 6.45) is 5.73. The molecule has 0 atom stereocenters. The highest BCUT2D eigenvalue weighted by Crippen LogP contribution is 2.18. The highest BCUT2D eigenvalue weighted by Gasteiger charge is 2.05. The molecule has 1 aliphatic rings.